The molecule has 25 heavy (non-hydrogen) atoms. The first-order valence-electron chi connectivity index (χ1n) is 8.58. The van der Waals surface area contributed by atoms with Crippen LogP contribution in [0.25, 0.3) is 20.2 Å². The number of fused-ring (bicyclic) bond motifs is 3. The van der Waals surface area contributed by atoms with Crippen LogP contribution in [-0.4, -0.2) is 22.2 Å². The number of rotatable bonds is 5. The van der Waals surface area contributed by atoms with Crippen molar-refractivity contribution in [3.05, 3.63) is 40.3 Å². The molecule has 0 radical (unpaired) electrons. The molecule has 0 aliphatic heterocycles. The van der Waals surface area contributed by atoms with Gasteiger partial charge < -0.3 is 5.32 Å². The van der Waals surface area contributed by atoms with Crippen LogP contribution in [0.4, 0.5) is 0 Å². The zero-order chi connectivity index (χ0) is 18.1. The van der Waals surface area contributed by atoms with Crippen molar-refractivity contribution in [1.29, 1.82) is 0 Å². The normalized spacial score (nSPS) is 12.8. The van der Waals surface area contributed by atoms with Crippen LogP contribution < -0.4 is 10.9 Å². The molecule has 5 nitrogen and oxygen atoms in total. The maximum atomic E-state index is 13.0. The maximum absolute atomic E-state index is 13.0. The van der Waals surface area contributed by atoms with Gasteiger partial charge in [-0.25, -0.2) is 4.68 Å². The number of carbonyl (C=O) groups excluding carboxylic acids is 1. The third kappa shape index (κ3) is 3.31. The predicted octanol–water partition coefficient (Wildman–Crippen LogP) is 3.64. The molecule has 3 aromatic rings. The third-order valence-electron chi connectivity index (χ3n) is 4.37. The van der Waals surface area contributed by atoms with Crippen LogP contribution in [0.5, 0.6) is 0 Å². The minimum Gasteiger partial charge on any atom is -0.354 e. The molecular weight excluding hydrogens is 334 g/mol. The van der Waals surface area contributed by atoms with Crippen molar-refractivity contribution in [3.63, 3.8) is 0 Å². The average molecular weight is 357 g/mol. The molecule has 0 saturated heterocycles. The van der Waals surface area contributed by atoms with Gasteiger partial charge >= 0.3 is 0 Å². The first-order valence-corrected chi connectivity index (χ1v) is 9.40. The molecule has 0 saturated carbocycles. The standard InChI is InChI=1S/C19H23N3O2S/c1-11(2)9-10-20-18(23)13(4)22-19(24)16-14-7-5-6-8-15(14)25-17(16)12(3)21-22/h5-8,11,13H,9-10H2,1-4H3,(H,20,23)/t13-/m0/s1. The molecule has 1 atom stereocenters. The monoisotopic (exact) mass is 357 g/mol. The number of carbonyl (C=O) groups is 1. The lowest BCUT2D eigenvalue weighted by Crippen LogP contribution is -2.38. The van der Waals surface area contributed by atoms with Gasteiger partial charge in [0.15, 0.2) is 0 Å². The van der Waals surface area contributed by atoms with E-state index in [0.29, 0.717) is 17.8 Å². The molecule has 1 N–H and O–H groups in total. The van der Waals surface area contributed by atoms with Gasteiger partial charge in [-0.05, 0) is 32.3 Å². The summed E-state index contributed by atoms with van der Waals surface area (Å²) in [5, 5.41) is 8.91. The summed E-state index contributed by atoms with van der Waals surface area (Å²) in [5.74, 6) is 0.348. The number of benzene rings is 1. The van der Waals surface area contributed by atoms with Crippen LogP contribution in [0.1, 0.15) is 38.9 Å². The van der Waals surface area contributed by atoms with Crippen molar-refractivity contribution >= 4 is 37.4 Å². The molecule has 0 spiro atoms. The third-order valence-corrected chi connectivity index (χ3v) is 5.65. The molecule has 3 rings (SSSR count). The summed E-state index contributed by atoms with van der Waals surface area (Å²) in [6.45, 7) is 8.44. The number of aryl methyl sites for hydroxylation is 1. The van der Waals surface area contributed by atoms with Crippen LogP contribution in [0.2, 0.25) is 0 Å². The quantitative estimate of drug-likeness (QED) is 0.758. The number of nitrogens with zero attached hydrogens (tertiary/aromatic N) is 2. The Labute approximate surface area is 150 Å². The van der Waals surface area contributed by atoms with Crippen molar-refractivity contribution in [2.24, 2.45) is 5.92 Å². The van der Waals surface area contributed by atoms with Gasteiger partial charge in [0.05, 0.1) is 15.8 Å². The van der Waals surface area contributed by atoms with Crippen molar-refractivity contribution in [2.75, 3.05) is 6.54 Å². The van der Waals surface area contributed by atoms with E-state index in [4.69, 9.17) is 0 Å². The molecule has 132 valence electrons. The average Bonchev–Trinajstić information content (AvgIpc) is 2.97. The first-order chi connectivity index (χ1) is 11.9. The van der Waals surface area contributed by atoms with E-state index in [1.165, 1.54) is 4.68 Å². The van der Waals surface area contributed by atoms with Crippen LogP contribution >= 0.6 is 11.3 Å². The highest BCUT2D eigenvalue weighted by Crippen LogP contribution is 2.32. The van der Waals surface area contributed by atoms with Crippen molar-refractivity contribution in [2.45, 2.75) is 40.2 Å². The molecule has 1 amide bonds. The van der Waals surface area contributed by atoms with Gasteiger partial charge in [-0.2, -0.15) is 5.10 Å². The summed E-state index contributed by atoms with van der Waals surface area (Å²) in [7, 11) is 0. The number of hydrogen-bond donors (Lipinski definition) is 1. The Balaban J connectivity index is 2.02. The lowest BCUT2D eigenvalue weighted by Gasteiger charge is -2.15. The van der Waals surface area contributed by atoms with Crippen LogP contribution in [0.3, 0.4) is 0 Å². The minimum absolute atomic E-state index is 0.173. The van der Waals surface area contributed by atoms with Crippen LogP contribution in [0.15, 0.2) is 29.1 Å². The Hall–Kier alpha value is -2.21. The Kier molecular flexibility index (Phi) is 4.90. The van der Waals surface area contributed by atoms with E-state index < -0.39 is 6.04 Å². The SMILES string of the molecule is Cc1nn([C@@H](C)C(=O)NCCC(C)C)c(=O)c2c1sc1ccccc12. The lowest BCUT2D eigenvalue weighted by molar-refractivity contribution is -0.124. The fourth-order valence-electron chi connectivity index (χ4n) is 2.88. The van der Waals surface area contributed by atoms with E-state index in [2.05, 4.69) is 24.3 Å². The molecule has 6 heteroatoms. The topological polar surface area (TPSA) is 64.0 Å². The molecule has 0 unspecified atom stereocenters. The predicted molar refractivity (Wildman–Crippen MR) is 103 cm³/mol. The minimum atomic E-state index is -0.638. The molecular formula is C19H23N3O2S. The smallest absolute Gasteiger partial charge is 0.276 e. The van der Waals surface area contributed by atoms with Gasteiger partial charge in [-0.1, -0.05) is 32.0 Å². The number of amides is 1. The van der Waals surface area contributed by atoms with E-state index in [-0.39, 0.29) is 11.5 Å². The van der Waals surface area contributed by atoms with Gasteiger partial charge in [0.25, 0.3) is 5.56 Å². The second-order valence-corrected chi connectivity index (χ2v) is 7.84. The maximum Gasteiger partial charge on any atom is 0.276 e. The van der Waals surface area contributed by atoms with Gasteiger partial charge in [0, 0.05) is 16.6 Å². The second kappa shape index (κ2) is 6.96. The van der Waals surface area contributed by atoms with E-state index in [1.807, 2.05) is 31.2 Å². The Morgan fingerprint density at radius 1 is 1.28 bits per heavy atom. The highest BCUT2D eigenvalue weighted by molar-refractivity contribution is 7.26. The second-order valence-electron chi connectivity index (χ2n) is 6.79. The van der Waals surface area contributed by atoms with E-state index in [0.717, 1.165) is 26.9 Å². The zero-order valence-corrected chi connectivity index (χ0v) is 15.8. The first kappa shape index (κ1) is 17.6. The zero-order valence-electron chi connectivity index (χ0n) is 15.0. The van der Waals surface area contributed by atoms with E-state index in [1.54, 1.807) is 18.3 Å². The van der Waals surface area contributed by atoms with Crippen LogP contribution in [0, 0.1) is 12.8 Å². The Morgan fingerprint density at radius 2 is 2.00 bits per heavy atom. The van der Waals surface area contributed by atoms with Crippen molar-refractivity contribution in [3.8, 4) is 0 Å². The summed E-state index contributed by atoms with van der Waals surface area (Å²) in [4.78, 5) is 25.4. The lowest BCUT2D eigenvalue weighted by atomic mass is 10.1. The van der Waals surface area contributed by atoms with Crippen LogP contribution in [-0.2, 0) is 4.79 Å². The Bertz CT molecular complexity index is 987. The number of hydrogen-bond acceptors (Lipinski definition) is 4. The van der Waals surface area contributed by atoms with E-state index in [9.17, 15) is 9.59 Å². The van der Waals surface area contributed by atoms with Gasteiger partial charge in [0.2, 0.25) is 5.91 Å². The molecule has 1 aromatic carbocycles. The summed E-state index contributed by atoms with van der Waals surface area (Å²) >= 11 is 1.57. The Morgan fingerprint density at radius 3 is 2.72 bits per heavy atom. The summed E-state index contributed by atoms with van der Waals surface area (Å²) < 4.78 is 3.28. The fraction of sp³-hybridized carbons (Fsp3) is 0.421. The summed E-state index contributed by atoms with van der Waals surface area (Å²) in [6, 6.07) is 7.21. The van der Waals surface area contributed by atoms with Gasteiger partial charge in [-0.15, -0.1) is 11.3 Å². The molecule has 0 aliphatic rings. The molecule has 2 aromatic heterocycles. The summed E-state index contributed by atoms with van der Waals surface area (Å²) in [5.41, 5.74) is 0.571. The number of aromatic nitrogens is 2. The van der Waals surface area contributed by atoms with Crippen molar-refractivity contribution < 1.29 is 4.79 Å². The fourth-order valence-corrected chi connectivity index (χ4v) is 4.02. The molecule has 0 aliphatic carbocycles. The molecule has 2 heterocycles. The summed E-state index contributed by atoms with van der Waals surface area (Å²) in [6.07, 6.45) is 0.911. The van der Waals surface area contributed by atoms with Crippen molar-refractivity contribution in [1.82, 2.24) is 15.1 Å². The highest BCUT2D eigenvalue weighted by atomic mass is 32.1. The highest BCUT2D eigenvalue weighted by Gasteiger charge is 2.21. The van der Waals surface area contributed by atoms with E-state index >= 15 is 0 Å². The largest absolute Gasteiger partial charge is 0.354 e. The number of nitrogens with one attached hydrogen (secondary N) is 1. The van der Waals surface area contributed by atoms with Gasteiger partial charge in [0.1, 0.15) is 6.04 Å². The number of thiophene rings is 1. The molecule has 0 fully saturated rings. The van der Waals surface area contributed by atoms with Gasteiger partial charge in [-0.3, -0.25) is 9.59 Å². The molecule has 0 bridgehead atoms.